The fourth-order valence-corrected chi connectivity index (χ4v) is 4.35. The van der Waals surface area contributed by atoms with E-state index < -0.39 is 4.92 Å². The maximum Gasteiger partial charge on any atom is 0.270 e. The van der Waals surface area contributed by atoms with Crippen LogP contribution < -0.4 is 0 Å². The molecule has 0 aliphatic rings. The molecule has 2 aromatic heterocycles. The van der Waals surface area contributed by atoms with Crippen LogP contribution in [0.4, 0.5) is 5.69 Å². The molecular formula is C28H25N5O4. The highest BCUT2D eigenvalue weighted by atomic mass is 16.6. The van der Waals surface area contributed by atoms with Gasteiger partial charge in [0.15, 0.2) is 0 Å². The molecule has 0 unspecified atom stereocenters. The highest BCUT2D eigenvalue weighted by molar-refractivity contribution is 5.89. The number of benzene rings is 3. The van der Waals surface area contributed by atoms with Gasteiger partial charge in [-0.15, -0.1) is 10.2 Å². The van der Waals surface area contributed by atoms with Crippen LogP contribution in [0, 0.1) is 10.1 Å². The molecule has 0 fully saturated rings. The average Bonchev–Trinajstić information content (AvgIpc) is 3.53. The third-order valence-electron chi connectivity index (χ3n) is 6.19. The zero-order chi connectivity index (χ0) is 25.9. The van der Waals surface area contributed by atoms with Crippen molar-refractivity contribution in [1.29, 1.82) is 0 Å². The maximum atomic E-state index is 13.6. The molecule has 0 aliphatic heterocycles. The van der Waals surface area contributed by atoms with Crippen molar-refractivity contribution in [1.82, 2.24) is 19.7 Å². The molecule has 9 heteroatoms. The SMILES string of the molecule is CC(C)N(Cc1nnc(-c2cccc([N+](=O)[O-])c2)o1)C(=O)Cn1c(-c2ccccc2)cc2ccccc21. The normalized spacial score (nSPS) is 11.2. The highest BCUT2D eigenvalue weighted by Gasteiger charge is 2.23. The molecule has 0 aliphatic carbocycles. The number of hydrogen-bond acceptors (Lipinski definition) is 6. The van der Waals surface area contributed by atoms with Crippen LogP contribution in [0.2, 0.25) is 0 Å². The first-order valence-electron chi connectivity index (χ1n) is 11.9. The summed E-state index contributed by atoms with van der Waals surface area (Å²) in [5.74, 6) is 0.324. The first kappa shape index (κ1) is 23.9. The summed E-state index contributed by atoms with van der Waals surface area (Å²) in [5.41, 5.74) is 3.35. The van der Waals surface area contributed by atoms with Gasteiger partial charge in [0.1, 0.15) is 6.54 Å². The van der Waals surface area contributed by atoms with E-state index in [1.165, 1.54) is 12.1 Å². The summed E-state index contributed by atoms with van der Waals surface area (Å²) in [7, 11) is 0. The van der Waals surface area contributed by atoms with Gasteiger partial charge in [-0.1, -0.05) is 54.6 Å². The monoisotopic (exact) mass is 495 g/mol. The molecule has 0 saturated heterocycles. The quantitative estimate of drug-likeness (QED) is 0.202. The number of fused-ring (bicyclic) bond motifs is 1. The fraction of sp³-hybridized carbons (Fsp3) is 0.179. The summed E-state index contributed by atoms with van der Waals surface area (Å²) in [5, 5.41) is 20.3. The summed E-state index contributed by atoms with van der Waals surface area (Å²) in [6, 6.07) is 26.0. The zero-order valence-corrected chi connectivity index (χ0v) is 20.4. The van der Waals surface area contributed by atoms with Gasteiger partial charge < -0.3 is 13.9 Å². The molecule has 5 aromatic rings. The number of nitro groups is 1. The number of nitro benzene ring substituents is 1. The van der Waals surface area contributed by atoms with Gasteiger partial charge >= 0.3 is 0 Å². The van der Waals surface area contributed by atoms with E-state index in [2.05, 4.69) is 16.3 Å². The standard InChI is InChI=1S/C28H25N5O4/c1-19(2)31(17-26-29-30-28(37-26)22-12-8-13-23(15-22)33(35)36)27(34)18-32-24-14-7-6-11-21(24)16-25(32)20-9-4-3-5-10-20/h3-16,19H,17-18H2,1-2H3. The Labute approximate surface area is 213 Å². The lowest BCUT2D eigenvalue weighted by Gasteiger charge is -2.26. The molecule has 1 amide bonds. The van der Waals surface area contributed by atoms with E-state index in [9.17, 15) is 14.9 Å². The number of carbonyl (C=O) groups is 1. The summed E-state index contributed by atoms with van der Waals surface area (Å²) in [4.78, 5) is 25.9. The summed E-state index contributed by atoms with van der Waals surface area (Å²) < 4.78 is 7.82. The smallest absolute Gasteiger partial charge is 0.270 e. The maximum absolute atomic E-state index is 13.6. The minimum atomic E-state index is -0.478. The molecule has 37 heavy (non-hydrogen) atoms. The Morgan fingerprint density at radius 1 is 0.973 bits per heavy atom. The average molecular weight is 496 g/mol. The molecule has 0 atom stereocenters. The Hall–Kier alpha value is -4.79. The number of nitrogens with zero attached hydrogens (tertiary/aromatic N) is 5. The Morgan fingerprint density at radius 3 is 2.46 bits per heavy atom. The van der Waals surface area contributed by atoms with E-state index in [1.54, 1.807) is 17.0 Å². The molecule has 0 radical (unpaired) electrons. The Balaban J connectivity index is 1.41. The van der Waals surface area contributed by atoms with E-state index in [4.69, 9.17) is 4.42 Å². The van der Waals surface area contributed by atoms with Crippen LogP contribution in [0.3, 0.4) is 0 Å². The fourth-order valence-electron chi connectivity index (χ4n) is 4.35. The number of hydrogen-bond donors (Lipinski definition) is 0. The minimum absolute atomic E-state index is 0.0654. The lowest BCUT2D eigenvalue weighted by atomic mass is 10.1. The number of carbonyl (C=O) groups excluding carboxylic acids is 1. The van der Waals surface area contributed by atoms with Crippen LogP contribution in [0.5, 0.6) is 0 Å². The predicted octanol–water partition coefficient (Wildman–Crippen LogP) is 5.70. The van der Waals surface area contributed by atoms with Crippen LogP contribution in [0.25, 0.3) is 33.6 Å². The van der Waals surface area contributed by atoms with E-state index in [0.717, 1.165) is 22.2 Å². The third-order valence-corrected chi connectivity index (χ3v) is 6.19. The molecular weight excluding hydrogens is 470 g/mol. The van der Waals surface area contributed by atoms with Crippen molar-refractivity contribution in [3.05, 3.63) is 101 Å². The lowest BCUT2D eigenvalue weighted by molar-refractivity contribution is -0.384. The van der Waals surface area contributed by atoms with E-state index >= 15 is 0 Å². The van der Waals surface area contributed by atoms with Crippen molar-refractivity contribution in [3.8, 4) is 22.7 Å². The highest BCUT2D eigenvalue weighted by Crippen LogP contribution is 2.29. The van der Waals surface area contributed by atoms with E-state index in [1.807, 2.05) is 73.0 Å². The molecule has 3 aromatic carbocycles. The van der Waals surface area contributed by atoms with Gasteiger partial charge in [0.05, 0.1) is 11.5 Å². The summed E-state index contributed by atoms with van der Waals surface area (Å²) in [6.07, 6.45) is 0. The summed E-state index contributed by atoms with van der Waals surface area (Å²) >= 11 is 0. The van der Waals surface area contributed by atoms with E-state index in [-0.39, 0.29) is 42.5 Å². The second-order valence-electron chi connectivity index (χ2n) is 8.96. The molecule has 5 rings (SSSR count). The topological polar surface area (TPSA) is 107 Å². The first-order valence-corrected chi connectivity index (χ1v) is 11.9. The molecule has 0 spiro atoms. The van der Waals surface area contributed by atoms with Crippen molar-refractivity contribution in [2.75, 3.05) is 0 Å². The molecule has 186 valence electrons. The number of amides is 1. The van der Waals surface area contributed by atoms with Gasteiger partial charge in [-0.3, -0.25) is 14.9 Å². The zero-order valence-electron chi connectivity index (χ0n) is 20.4. The second kappa shape index (κ2) is 10.1. The van der Waals surface area contributed by atoms with Gasteiger partial charge in [0.2, 0.25) is 17.7 Å². The summed E-state index contributed by atoms with van der Waals surface area (Å²) in [6.45, 7) is 4.13. The van der Waals surface area contributed by atoms with Gasteiger partial charge in [0, 0.05) is 40.3 Å². The number of non-ortho nitro benzene ring substituents is 1. The van der Waals surface area contributed by atoms with Gasteiger partial charge in [-0.05, 0) is 37.6 Å². The van der Waals surface area contributed by atoms with Crippen molar-refractivity contribution in [3.63, 3.8) is 0 Å². The largest absolute Gasteiger partial charge is 0.419 e. The van der Waals surface area contributed by atoms with Gasteiger partial charge in [0.25, 0.3) is 5.69 Å². The van der Waals surface area contributed by atoms with Crippen molar-refractivity contribution in [2.24, 2.45) is 0 Å². The predicted molar refractivity (Wildman–Crippen MR) is 139 cm³/mol. The minimum Gasteiger partial charge on any atom is -0.419 e. The first-order chi connectivity index (χ1) is 17.9. The Kier molecular flexibility index (Phi) is 6.51. The molecule has 0 bridgehead atoms. The van der Waals surface area contributed by atoms with E-state index in [0.29, 0.717) is 5.56 Å². The van der Waals surface area contributed by atoms with Gasteiger partial charge in [-0.2, -0.15) is 0 Å². The van der Waals surface area contributed by atoms with Crippen LogP contribution in [0.15, 0.2) is 89.3 Å². The van der Waals surface area contributed by atoms with Crippen LogP contribution in [-0.2, 0) is 17.9 Å². The molecule has 0 saturated carbocycles. The van der Waals surface area contributed by atoms with Gasteiger partial charge in [-0.25, -0.2) is 0 Å². The number of rotatable bonds is 8. The molecule has 0 N–H and O–H groups in total. The lowest BCUT2D eigenvalue weighted by Crippen LogP contribution is -2.38. The van der Waals surface area contributed by atoms with Crippen molar-refractivity contribution >= 4 is 22.5 Å². The number of aromatic nitrogens is 3. The third kappa shape index (κ3) is 4.97. The van der Waals surface area contributed by atoms with Crippen molar-refractivity contribution < 1.29 is 14.1 Å². The Bertz CT molecular complexity index is 1570. The van der Waals surface area contributed by atoms with Crippen molar-refractivity contribution in [2.45, 2.75) is 33.0 Å². The Morgan fingerprint density at radius 2 is 1.70 bits per heavy atom. The van der Waals surface area contributed by atoms with Crippen LogP contribution >= 0.6 is 0 Å². The van der Waals surface area contributed by atoms with Crippen LogP contribution in [0.1, 0.15) is 19.7 Å². The molecule has 2 heterocycles. The van der Waals surface area contributed by atoms with Crippen LogP contribution in [-0.4, -0.2) is 36.5 Å². The molecule has 9 nitrogen and oxygen atoms in total. The second-order valence-corrected chi connectivity index (χ2v) is 8.96. The number of para-hydroxylation sites is 1.